The number of pyridine rings is 1. The predicted molar refractivity (Wildman–Crippen MR) is 141 cm³/mol. The van der Waals surface area contributed by atoms with E-state index in [1.807, 2.05) is 24.3 Å². The number of aryl methyl sites for hydroxylation is 1. The Morgan fingerprint density at radius 3 is 2.65 bits per heavy atom. The molecule has 1 aliphatic heterocycles. The molecule has 2 amide bonds. The number of aromatic nitrogens is 2. The van der Waals surface area contributed by atoms with Crippen LogP contribution in [0.2, 0.25) is 0 Å². The number of carbonyl (C=O) groups is 2. The van der Waals surface area contributed by atoms with E-state index in [-0.39, 0.29) is 18.6 Å². The number of ether oxygens (including phenoxy) is 2. The van der Waals surface area contributed by atoms with Crippen LogP contribution in [0, 0.1) is 5.92 Å². The van der Waals surface area contributed by atoms with Crippen molar-refractivity contribution in [2.24, 2.45) is 10.9 Å². The zero-order chi connectivity index (χ0) is 28.3. The number of nitrogens with zero attached hydrogens (tertiary/aromatic N) is 2. The van der Waals surface area contributed by atoms with Crippen molar-refractivity contribution in [3.63, 3.8) is 0 Å². The highest BCUT2D eigenvalue weighted by Gasteiger charge is 2.40. The molecule has 4 aromatic rings. The Labute approximate surface area is 227 Å². The number of esters is 1. The van der Waals surface area contributed by atoms with Crippen molar-refractivity contribution < 1.29 is 32.2 Å². The van der Waals surface area contributed by atoms with E-state index in [2.05, 4.69) is 20.3 Å². The van der Waals surface area contributed by atoms with Crippen LogP contribution < -0.4 is 10.1 Å². The molecule has 0 aliphatic carbocycles. The molecule has 206 valence electrons. The molecule has 1 aliphatic rings. The van der Waals surface area contributed by atoms with Gasteiger partial charge in [-0.1, -0.05) is 24.3 Å². The summed E-state index contributed by atoms with van der Waals surface area (Å²) < 4.78 is 50.4. The summed E-state index contributed by atoms with van der Waals surface area (Å²) in [6.45, 7) is -0.374. The molecule has 2 aromatic heterocycles. The van der Waals surface area contributed by atoms with Crippen molar-refractivity contribution in [2.45, 2.75) is 31.7 Å². The minimum absolute atomic E-state index is 0.188. The molecule has 2 aromatic carbocycles. The highest BCUT2D eigenvalue weighted by atomic mass is 19.4. The Balaban J connectivity index is 1.44. The van der Waals surface area contributed by atoms with Gasteiger partial charge in [0.15, 0.2) is 0 Å². The van der Waals surface area contributed by atoms with Crippen LogP contribution in [0.15, 0.2) is 78.2 Å². The molecule has 3 heterocycles. The van der Waals surface area contributed by atoms with Crippen LogP contribution in [-0.2, 0) is 28.7 Å². The van der Waals surface area contributed by atoms with Gasteiger partial charge in [0.2, 0.25) is 0 Å². The average Bonchev–Trinajstić information content (AvgIpc) is 3.38. The zero-order valence-electron chi connectivity index (χ0n) is 21.4. The first-order chi connectivity index (χ1) is 19.2. The normalized spacial score (nSPS) is 17.3. The molecule has 8 nitrogen and oxygen atoms in total. The van der Waals surface area contributed by atoms with Gasteiger partial charge in [-0.3, -0.25) is 9.78 Å². The van der Waals surface area contributed by atoms with Crippen molar-refractivity contribution in [2.75, 3.05) is 7.11 Å². The smallest absolute Gasteiger partial charge is 0.416 e. The molecule has 2 atom stereocenters. The Kier molecular flexibility index (Phi) is 7.54. The molecular formula is C29H25F3N4O4. The van der Waals surface area contributed by atoms with Gasteiger partial charge in [0.25, 0.3) is 0 Å². The summed E-state index contributed by atoms with van der Waals surface area (Å²) in [6, 6.07) is 12.4. The molecule has 0 saturated heterocycles. The molecule has 0 saturated carbocycles. The van der Waals surface area contributed by atoms with E-state index in [9.17, 15) is 22.8 Å². The number of methoxy groups -OCH3 is 1. The third-order valence-electron chi connectivity index (χ3n) is 6.76. The van der Waals surface area contributed by atoms with Gasteiger partial charge >= 0.3 is 18.2 Å². The second kappa shape index (κ2) is 11.2. The molecule has 0 fully saturated rings. The van der Waals surface area contributed by atoms with Gasteiger partial charge in [0, 0.05) is 29.1 Å². The molecule has 0 bridgehead atoms. The molecule has 0 radical (unpaired) electrons. The number of H-pyrrole nitrogens is 1. The first-order valence-corrected chi connectivity index (χ1v) is 12.5. The summed E-state index contributed by atoms with van der Waals surface area (Å²) in [6.07, 6.45) is 1.12. The highest BCUT2D eigenvalue weighted by Crippen LogP contribution is 2.34. The number of carbonyl (C=O) groups excluding carboxylic acids is 2. The standard InChI is InChI=1S/C29H25F3N4O4/c1-39-20-7-3-4-17(13-20)8-9-23-25(27(37)40-16-18-5-2-6-19(12-18)29(30,31)32)26(36-28(38)35-23)22-14-34-24-15-33-11-10-21(22)24/h2-7,10-15,25-26,34H,8-9,16H2,1H3,(H,36,38). The van der Waals surface area contributed by atoms with Gasteiger partial charge in [-0.15, -0.1) is 0 Å². The number of fused-ring (bicyclic) bond motifs is 1. The van der Waals surface area contributed by atoms with Crippen molar-refractivity contribution >= 4 is 28.6 Å². The molecular weight excluding hydrogens is 525 g/mol. The first kappa shape index (κ1) is 26.9. The number of amides is 2. The quantitative estimate of drug-likeness (QED) is 0.270. The summed E-state index contributed by atoms with van der Waals surface area (Å²) >= 11 is 0. The van der Waals surface area contributed by atoms with Gasteiger partial charge in [-0.05, 0) is 54.3 Å². The lowest BCUT2D eigenvalue weighted by molar-refractivity contribution is -0.148. The summed E-state index contributed by atoms with van der Waals surface area (Å²) in [5, 5.41) is 3.53. The van der Waals surface area contributed by atoms with E-state index in [1.165, 1.54) is 12.1 Å². The van der Waals surface area contributed by atoms with E-state index in [1.54, 1.807) is 31.8 Å². The maximum absolute atomic E-state index is 13.6. The highest BCUT2D eigenvalue weighted by molar-refractivity contribution is 6.09. The van der Waals surface area contributed by atoms with Crippen molar-refractivity contribution in [3.05, 3.63) is 95.4 Å². The largest absolute Gasteiger partial charge is 0.497 e. The van der Waals surface area contributed by atoms with Gasteiger partial charge in [-0.2, -0.15) is 13.2 Å². The molecule has 0 spiro atoms. The van der Waals surface area contributed by atoms with Gasteiger partial charge in [0.05, 0.1) is 30.4 Å². The number of aliphatic imine (C=N–C) groups is 1. The maximum Gasteiger partial charge on any atom is 0.416 e. The van der Waals surface area contributed by atoms with Crippen LogP contribution in [0.1, 0.15) is 34.7 Å². The minimum Gasteiger partial charge on any atom is -0.497 e. The number of alkyl halides is 3. The number of urea groups is 1. The van der Waals surface area contributed by atoms with Gasteiger partial charge < -0.3 is 19.8 Å². The number of benzene rings is 2. The van der Waals surface area contributed by atoms with Crippen LogP contribution in [0.3, 0.4) is 0 Å². The fourth-order valence-corrected chi connectivity index (χ4v) is 4.82. The zero-order valence-corrected chi connectivity index (χ0v) is 21.4. The lowest BCUT2D eigenvalue weighted by atomic mass is 9.85. The van der Waals surface area contributed by atoms with Crippen LogP contribution >= 0.6 is 0 Å². The Morgan fingerprint density at radius 2 is 1.85 bits per heavy atom. The third-order valence-corrected chi connectivity index (χ3v) is 6.76. The number of hydrogen-bond acceptors (Lipinski definition) is 5. The average molecular weight is 551 g/mol. The van der Waals surface area contributed by atoms with Crippen molar-refractivity contribution in [1.29, 1.82) is 0 Å². The number of hydrogen-bond donors (Lipinski definition) is 2. The fourth-order valence-electron chi connectivity index (χ4n) is 4.82. The molecule has 2 N–H and O–H groups in total. The van der Waals surface area contributed by atoms with Crippen LogP contribution in [0.5, 0.6) is 5.75 Å². The SMILES string of the molecule is COc1cccc(CCC2=NC(=O)NC(c3c[nH]c4cnccc34)C2C(=O)OCc2cccc(C(F)(F)F)c2)c1. The second-order valence-corrected chi connectivity index (χ2v) is 9.33. The number of nitrogens with one attached hydrogen (secondary N) is 2. The fraction of sp³-hybridized carbons (Fsp3) is 0.241. The lowest BCUT2D eigenvalue weighted by Crippen LogP contribution is -2.45. The van der Waals surface area contributed by atoms with Gasteiger partial charge in [0.1, 0.15) is 18.3 Å². The minimum atomic E-state index is -4.52. The number of rotatable bonds is 8. The number of aromatic amines is 1. The Hall–Kier alpha value is -4.67. The second-order valence-electron chi connectivity index (χ2n) is 9.33. The monoisotopic (exact) mass is 550 g/mol. The van der Waals surface area contributed by atoms with E-state index in [0.717, 1.165) is 23.1 Å². The first-order valence-electron chi connectivity index (χ1n) is 12.5. The number of halogens is 3. The summed E-state index contributed by atoms with van der Waals surface area (Å²) in [4.78, 5) is 37.7. The summed E-state index contributed by atoms with van der Waals surface area (Å²) in [7, 11) is 1.56. The third kappa shape index (κ3) is 5.83. The predicted octanol–water partition coefficient (Wildman–Crippen LogP) is 5.79. The molecule has 2 unspecified atom stereocenters. The molecule has 11 heteroatoms. The van der Waals surface area contributed by atoms with E-state index < -0.39 is 35.7 Å². The maximum atomic E-state index is 13.6. The Morgan fingerprint density at radius 1 is 1.05 bits per heavy atom. The van der Waals surface area contributed by atoms with Crippen LogP contribution in [-0.4, -0.2) is 34.8 Å². The van der Waals surface area contributed by atoms with Crippen LogP contribution in [0.25, 0.3) is 10.9 Å². The molecule has 40 heavy (non-hydrogen) atoms. The lowest BCUT2D eigenvalue weighted by Gasteiger charge is -2.30. The van der Waals surface area contributed by atoms with E-state index in [0.29, 0.717) is 29.0 Å². The van der Waals surface area contributed by atoms with Crippen molar-refractivity contribution in [3.8, 4) is 5.75 Å². The van der Waals surface area contributed by atoms with Crippen molar-refractivity contribution in [1.82, 2.24) is 15.3 Å². The van der Waals surface area contributed by atoms with Gasteiger partial charge in [-0.25, -0.2) is 9.79 Å². The topological polar surface area (TPSA) is 106 Å². The summed E-state index contributed by atoms with van der Waals surface area (Å²) in [5.74, 6) is -1.06. The van der Waals surface area contributed by atoms with E-state index in [4.69, 9.17) is 9.47 Å². The Bertz CT molecular complexity index is 1580. The van der Waals surface area contributed by atoms with Crippen LogP contribution in [0.4, 0.5) is 18.0 Å². The molecule has 5 rings (SSSR count). The summed E-state index contributed by atoms with van der Waals surface area (Å²) in [5.41, 5.74) is 1.93. The van der Waals surface area contributed by atoms with E-state index >= 15 is 0 Å².